The van der Waals surface area contributed by atoms with Gasteiger partial charge in [-0.05, 0) is 71.6 Å². The van der Waals surface area contributed by atoms with E-state index in [9.17, 15) is 0 Å². The first-order valence-corrected chi connectivity index (χ1v) is 8.93. The Labute approximate surface area is 141 Å². The van der Waals surface area contributed by atoms with Gasteiger partial charge >= 0.3 is 7.12 Å². The van der Waals surface area contributed by atoms with E-state index in [1.807, 2.05) is 0 Å². The quantitative estimate of drug-likeness (QED) is 0.801. The summed E-state index contributed by atoms with van der Waals surface area (Å²) in [6.45, 7) is 9.64. The maximum atomic E-state index is 6.18. The molecule has 0 spiro atoms. The largest absolute Gasteiger partial charge is 0.494 e. The number of piperidine rings is 1. The van der Waals surface area contributed by atoms with E-state index in [2.05, 4.69) is 63.9 Å². The van der Waals surface area contributed by atoms with Crippen molar-refractivity contribution < 1.29 is 9.31 Å². The standard InChI is InChI=1S/C19H30BNO2/c1-18(2)19(3,4)23-20(22-18)16-10-8-9-15(13-16)14-17-11-6-7-12-21(17)5/h8-10,13,17H,6-7,11-12,14H2,1-5H3. The van der Waals surface area contributed by atoms with Crippen molar-refractivity contribution >= 4 is 12.6 Å². The summed E-state index contributed by atoms with van der Waals surface area (Å²) < 4.78 is 12.4. The van der Waals surface area contributed by atoms with E-state index >= 15 is 0 Å². The van der Waals surface area contributed by atoms with E-state index in [0.717, 1.165) is 11.9 Å². The van der Waals surface area contributed by atoms with E-state index in [4.69, 9.17) is 9.31 Å². The number of hydrogen-bond donors (Lipinski definition) is 0. The van der Waals surface area contributed by atoms with Crippen LogP contribution in [-0.2, 0) is 15.7 Å². The van der Waals surface area contributed by atoms with Crippen molar-refractivity contribution in [3.8, 4) is 0 Å². The Kier molecular flexibility index (Phi) is 4.61. The molecule has 1 aromatic carbocycles. The summed E-state index contributed by atoms with van der Waals surface area (Å²) in [5.74, 6) is 0. The van der Waals surface area contributed by atoms with Crippen LogP contribution in [0.2, 0.25) is 0 Å². The van der Waals surface area contributed by atoms with Crippen LogP contribution in [0.1, 0.15) is 52.5 Å². The molecule has 1 unspecified atom stereocenters. The smallest absolute Gasteiger partial charge is 0.399 e. The van der Waals surface area contributed by atoms with Crippen molar-refractivity contribution in [3.63, 3.8) is 0 Å². The fourth-order valence-corrected chi connectivity index (χ4v) is 3.52. The second-order valence-corrected chi connectivity index (χ2v) is 8.17. The van der Waals surface area contributed by atoms with Crippen LogP contribution in [0, 0.1) is 0 Å². The molecule has 3 rings (SSSR count). The average Bonchev–Trinajstić information content (AvgIpc) is 2.70. The van der Waals surface area contributed by atoms with Crippen LogP contribution in [0.25, 0.3) is 0 Å². The zero-order valence-corrected chi connectivity index (χ0v) is 15.3. The molecule has 0 aliphatic carbocycles. The lowest BCUT2D eigenvalue weighted by atomic mass is 9.78. The fraction of sp³-hybridized carbons (Fsp3) is 0.684. The summed E-state index contributed by atoms with van der Waals surface area (Å²) in [6.07, 6.45) is 5.11. The first kappa shape index (κ1) is 17.0. The highest BCUT2D eigenvalue weighted by atomic mass is 16.7. The van der Waals surface area contributed by atoms with Crippen LogP contribution >= 0.6 is 0 Å². The third-order valence-corrected chi connectivity index (χ3v) is 5.87. The Hall–Kier alpha value is -0.835. The van der Waals surface area contributed by atoms with Crippen LogP contribution in [0.4, 0.5) is 0 Å². The molecule has 4 heteroatoms. The predicted octanol–water partition coefficient (Wildman–Crippen LogP) is 3.01. The second-order valence-electron chi connectivity index (χ2n) is 8.17. The number of likely N-dealkylation sites (tertiary alicyclic amines) is 1. The molecule has 0 saturated carbocycles. The topological polar surface area (TPSA) is 21.7 Å². The molecule has 0 radical (unpaired) electrons. The molecule has 0 N–H and O–H groups in total. The van der Waals surface area contributed by atoms with Gasteiger partial charge in [0.2, 0.25) is 0 Å². The molecule has 2 saturated heterocycles. The van der Waals surface area contributed by atoms with Crippen LogP contribution in [0.15, 0.2) is 24.3 Å². The van der Waals surface area contributed by atoms with Gasteiger partial charge in [0.1, 0.15) is 0 Å². The lowest BCUT2D eigenvalue weighted by Crippen LogP contribution is -2.41. The van der Waals surface area contributed by atoms with Crippen molar-refractivity contribution in [1.29, 1.82) is 0 Å². The predicted molar refractivity (Wildman–Crippen MR) is 96.1 cm³/mol. The van der Waals surface area contributed by atoms with Crippen LogP contribution in [0.3, 0.4) is 0 Å². The molecule has 0 bridgehead atoms. The lowest BCUT2D eigenvalue weighted by molar-refractivity contribution is 0.00578. The molecule has 126 valence electrons. The maximum absolute atomic E-state index is 6.18. The number of rotatable bonds is 3. The van der Waals surface area contributed by atoms with E-state index in [1.165, 1.54) is 31.4 Å². The van der Waals surface area contributed by atoms with Gasteiger partial charge in [0.05, 0.1) is 11.2 Å². The highest BCUT2D eigenvalue weighted by Gasteiger charge is 2.51. The van der Waals surface area contributed by atoms with Crippen molar-refractivity contribution in [2.75, 3.05) is 13.6 Å². The molecule has 1 atom stereocenters. The lowest BCUT2D eigenvalue weighted by Gasteiger charge is -2.32. The first-order chi connectivity index (χ1) is 10.8. The summed E-state index contributed by atoms with van der Waals surface area (Å²) >= 11 is 0. The van der Waals surface area contributed by atoms with E-state index in [-0.39, 0.29) is 18.3 Å². The molecule has 0 aromatic heterocycles. The van der Waals surface area contributed by atoms with Gasteiger partial charge in [-0.1, -0.05) is 30.7 Å². The molecule has 1 aromatic rings. The van der Waals surface area contributed by atoms with Crippen molar-refractivity contribution in [3.05, 3.63) is 29.8 Å². The van der Waals surface area contributed by atoms with Gasteiger partial charge in [-0.3, -0.25) is 0 Å². The van der Waals surface area contributed by atoms with E-state index in [1.54, 1.807) is 0 Å². The summed E-state index contributed by atoms with van der Waals surface area (Å²) in [5, 5.41) is 0. The van der Waals surface area contributed by atoms with Gasteiger partial charge in [-0.15, -0.1) is 0 Å². The zero-order chi connectivity index (χ0) is 16.7. The second kappa shape index (κ2) is 6.23. The molecule has 23 heavy (non-hydrogen) atoms. The number of benzene rings is 1. The zero-order valence-electron chi connectivity index (χ0n) is 15.3. The fourth-order valence-electron chi connectivity index (χ4n) is 3.52. The van der Waals surface area contributed by atoms with Gasteiger partial charge in [-0.2, -0.15) is 0 Å². The molecule has 2 fully saturated rings. The summed E-state index contributed by atoms with van der Waals surface area (Å²) in [5.41, 5.74) is 1.96. The van der Waals surface area contributed by atoms with Gasteiger partial charge in [0.15, 0.2) is 0 Å². The highest BCUT2D eigenvalue weighted by molar-refractivity contribution is 6.62. The maximum Gasteiger partial charge on any atom is 0.494 e. The van der Waals surface area contributed by atoms with Gasteiger partial charge in [0.25, 0.3) is 0 Å². The molecular formula is C19H30BNO2. The minimum absolute atomic E-state index is 0.260. The molecule has 2 aliphatic rings. The molecule has 3 nitrogen and oxygen atoms in total. The number of nitrogens with zero attached hydrogens (tertiary/aromatic N) is 1. The average molecular weight is 315 g/mol. The Bertz CT molecular complexity index is 542. The number of hydrogen-bond acceptors (Lipinski definition) is 3. The SMILES string of the molecule is CN1CCCCC1Cc1cccc(B2OC(C)(C)C(C)(C)O2)c1. The van der Waals surface area contributed by atoms with Gasteiger partial charge in [-0.25, -0.2) is 0 Å². The van der Waals surface area contributed by atoms with E-state index in [0.29, 0.717) is 6.04 Å². The molecule has 0 amide bonds. The summed E-state index contributed by atoms with van der Waals surface area (Å²) in [4.78, 5) is 2.50. The van der Waals surface area contributed by atoms with Crippen LogP contribution in [0.5, 0.6) is 0 Å². The van der Waals surface area contributed by atoms with Crippen LogP contribution < -0.4 is 5.46 Å². The third-order valence-electron chi connectivity index (χ3n) is 5.87. The van der Waals surface area contributed by atoms with E-state index < -0.39 is 0 Å². The highest BCUT2D eigenvalue weighted by Crippen LogP contribution is 2.36. The molecule has 2 heterocycles. The van der Waals surface area contributed by atoms with Gasteiger partial charge in [0, 0.05) is 6.04 Å². The van der Waals surface area contributed by atoms with Crippen molar-refractivity contribution in [2.24, 2.45) is 0 Å². The first-order valence-electron chi connectivity index (χ1n) is 8.93. The van der Waals surface area contributed by atoms with Crippen molar-refractivity contribution in [2.45, 2.75) is 70.6 Å². The Balaban J connectivity index is 1.73. The van der Waals surface area contributed by atoms with Crippen LogP contribution in [-0.4, -0.2) is 42.9 Å². The summed E-state index contributed by atoms with van der Waals surface area (Å²) in [7, 11) is 1.99. The monoisotopic (exact) mass is 315 g/mol. The Morgan fingerprint density at radius 2 is 1.83 bits per heavy atom. The summed E-state index contributed by atoms with van der Waals surface area (Å²) in [6, 6.07) is 9.42. The normalized spacial score (nSPS) is 27.3. The van der Waals surface area contributed by atoms with Crippen molar-refractivity contribution in [1.82, 2.24) is 4.90 Å². The minimum atomic E-state index is -0.280. The number of likely N-dealkylation sites (N-methyl/N-ethyl adjacent to an activating group) is 1. The van der Waals surface area contributed by atoms with Gasteiger partial charge < -0.3 is 14.2 Å². The molecule has 2 aliphatic heterocycles. The Morgan fingerprint density at radius 1 is 1.13 bits per heavy atom. The Morgan fingerprint density at radius 3 is 2.48 bits per heavy atom. The third kappa shape index (κ3) is 3.49. The minimum Gasteiger partial charge on any atom is -0.399 e. The molecular weight excluding hydrogens is 285 g/mol.